The molecule has 2 rings (SSSR count). The maximum atomic E-state index is 5.66. The number of aryl methyl sites for hydroxylation is 1. The molecular weight excluding hydrogens is 388 g/mol. The Hall–Kier alpha value is -2.50. The molecule has 0 amide bonds. The molecule has 0 aliphatic carbocycles. The van der Waals surface area contributed by atoms with Crippen LogP contribution in [0.15, 0.2) is 18.7 Å². The maximum Gasteiger partial charge on any atom is 0.323 e. The van der Waals surface area contributed by atoms with Crippen molar-refractivity contribution in [1.82, 2.24) is 24.5 Å². The van der Waals surface area contributed by atoms with Gasteiger partial charge in [0.25, 0.3) is 0 Å². The van der Waals surface area contributed by atoms with Crippen molar-refractivity contribution in [3.8, 4) is 6.01 Å². The molecule has 0 atom stereocenters. The molecule has 0 bridgehead atoms. The predicted molar refractivity (Wildman–Crippen MR) is 115 cm³/mol. The number of nitrogens with zero attached hydrogens (tertiary/aromatic N) is 5. The average Bonchev–Trinajstić information content (AvgIpc) is 3.27. The number of unbranched alkanes of at least 4 members (excludes halogenated alkanes) is 1. The van der Waals surface area contributed by atoms with Crippen molar-refractivity contribution >= 4 is 11.9 Å². The lowest BCUT2D eigenvalue weighted by Gasteiger charge is -2.11. The van der Waals surface area contributed by atoms with Gasteiger partial charge in [-0.2, -0.15) is 15.0 Å². The van der Waals surface area contributed by atoms with Gasteiger partial charge in [-0.1, -0.05) is 13.3 Å². The molecule has 0 unspecified atom stereocenters. The molecule has 0 saturated carbocycles. The molecule has 0 spiro atoms. The zero-order valence-electron chi connectivity index (χ0n) is 17.8. The minimum absolute atomic E-state index is 0.314. The number of imidazole rings is 1. The van der Waals surface area contributed by atoms with Gasteiger partial charge in [-0.3, -0.25) is 0 Å². The highest BCUT2D eigenvalue weighted by molar-refractivity contribution is 5.35. The van der Waals surface area contributed by atoms with E-state index < -0.39 is 0 Å². The Morgan fingerprint density at radius 3 is 2.40 bits per heavy atom. The third-order valence-electron chi connectivity index (χ3n) is 3.94. The van der Waals surface area contributed by atoms with E-state index in [1.165, 1.54) is 0 Å². The van der Waals surface area contributed by atoms with Gasteiger partial charge in [-0.25, -0.2) is 4.98 Å². The molecule has 11 heteroatoms. The van der Waals surface area contributed by atoms with Gasteiger partial charge in [-0.05, 0) is 12.8 Å². The van der Waals surface area contributed by atoms with Gasteiger partial charge in [0.05, 0.1) is 39.4 Å². The van der Waals surface area contributed by atoms with E-state index in [9.17, 15) is 0 Å². The Kier molecular flexibility index (Phi) is 12.2. The van der Waals surface area contributed by atoms with Crippen molar-refractivity contribution in [2.24, 2.45) is 5.73 Å². The van der Waals surface area contributed by atoms with Crippen molar-refractivity contribution in [2.45, 2.75) is 32.7 Å². The molecule has 0 aliphatic rings. The van der Waals surface area contributed by atoms with Gasteiger partial charge in [0.2, 0.25) is 11.9 Å². The Labute approximate surface area is 177 Å². The summed E-state index contributed by atoms with van der Waals surface area (Å²) < 4.78 is 18.5. The second-order valence-electron chi connectivity index (χ2n) is 6.49. The van der Waals surface area contributed by atoms with Gasteiger partial charge in [0, 0.05) is 38.6 Å². The Balaban J connectivity index is 1.77. The molecular formula is C19H34N8O3. The van der Waals surface area contributed by atoms with Gasteiger partial charge in [0.1, 0.15) is 0 Å². The first kappa shape index (κ1) is 23.8. The molecule has 2 aromatic heterocycles. The van der Waals surface area contributed by atoms with Crippen LogP contribution in [-0.4, -0.2) is 77.2 Å². The van der Waals surface area contributed by atoms with E-state index in [0.717, 1.165) is 32.4 Å². The van der Waals surface area contributed by atoms with Crippen LogP contribution >= 0.6 is 0 Å². The molecule has 2 aromatic rings. The molecule has 0 saturated heterocycles. The van der Waals surface area contributed by atoms with Crippen LogP contribution in [0.3, 0.4) is 0 Å². The first-order chi connectivity index (χ1) is 14.8. The molecule has 0 aromatic carbocycles. The first-order valence-electron chi connectivity index (χ1n) is 10.5. The maximum absolute atomic E-state index is 5.66. The van der Waals surface area contributed by atoms with Crippen molar-refractivity contribution in [2.75, 3.05) is 63.3 Å². The van der Waals surface area contributed by atoms with Crippen molar-refractivity contribution in [3.63, 3.8) is 0 Å². The van der Waals surface area contributed by atoms with Crippen LogP contribution in [0.25, 0.3) is 0 Å². The van der Waals surface area contributed by atoms with E-state index >= 15 is 0 Å². The van der Waals surface area contributed by atoms with Crippen LogP contribution < -0.4 is 21.1 Å². The summed E-state index contributed by atoms with van der Waals surface area (Å²) in [6.07, 6.45) is 8.42. The van der Waals surface area contributed by atoms with E-state index in [-0.39, 0.29) is 0 Å². The van der Waals surface area contributed by atoms with Gasteiger partial charge < -0.3 is 35.1 Å². The Bertz CT molecular complexity index is 672. The van der Waals surface area contributed by atoms with E-state index in [1.807, 2.05) is 10.8 Å². The highest BCUT2D eigenvalue weighted by atomic mass is 16.5. The Morgan fingerprint density at radius 1 is 0.933 bits per heavy atom. The fraction of sp³-hybridized carbons (Fsp3) is 0.684. The standard InChI is InChI=1S/C19H34N8O3/c1-2-3-11-30-19-25-17(22-6-4-9-27-10-7-21-16-27)24-18(26-19)23-8-13-29-15-14-28-12-5-20/h7,10,16H,2-6,8-9,11-15,20H2,1H3,(H2,22,23,24,25,26). The summed E-state index contributed by atoms with van der Waals surface area (Å²) in [5.74, 6) is 0.942. The SMILES string of the molecule is CCCCOc1nc(NCCCn2ccnc2)nc(NCCOCCOCCN)n1. The minimum atomic E-state index is 0.314. The van der Waals surface area contributed by atoms with E-state index in [1.54, 1.807) is 12.5 Å². The quantitative estimate of drug-likeness (QED) is 0.300. The molecule has 4 N–H and O–H groups in total. The van der Waals surface area contributed by atoms with E-state index in [4.69, 9.17) is 19.9 Å². The normalized spacial score (nSPS) is 10.9. The number of hydrogen-bond acceptors (Lipinski definition) is 10. The van der Waals surface area contributed by atoms with E-state index in [2.05, 4.69) is 37.5 Å². The molecule has 30 heavy (non-hydrogen) atoms. The highest BCUT2D eigenvalue weighted by Gasteiger charge is 2.07. The zero-order chi connectivity index (χ0) is 21.3. The second-order valence-corrected chi connectivity index (χ2v) is 6.49. The van der Waals surface area contributed by atoms with E-state index in [0.29, 0.717) is 64.0 Å². The molecule has 11 nitrogen and oxygen atoms in total. The van der Waals surface area contributed by atoms with Crippen LogP contribution in [0, 0.1) is 0 Å². The number of ether oxygens (including phenoxy) is 3. The number of rotatable bonds is 18. The monoisotopic (exact) mass is 422 g/mol. The summed E-state index contributed by atoms with van der Waals surface area (Å²) >= 11 is 0. The summed E-state index contributed by atoms with van der Waals surface area (Å²) in [4.78, 5) is 17.1. The van der Waals surface area contributed by atoms with Crippen molar-refractivity contribution in [3.05, 3.63) is 18.7 Å². The predicted octanol–water partition coefficient (Wildman–Crippen LogP) is 1.15. The van der Waals surface area contributed by atoms with Crippen LogP contribution in [0.5, 0.6) is 6.01 Å². The summed E-state index contributed by atoms with van der Waals surface area (Å²) in [7, 11) is 0. The topological polar surface area (TPSA) is 134 Å². The van der Waals surface area contributed by atoms with Crippen LogP contribution in [0.2, 0.25) is 0 Å². The minimum Gasteiger partial charge on any atom is -0.463 e. The fourth-order valence-electron chi connectivity index (χ4n) is 2.41. The summed E-state index contributed by atoms with van der Waals surface area (Å²) in [5.41, 5.74) is 5.36. The second kappa shape index (κ2) is 15.4. The highest BCUT2D eigenvalue weighted by Crippen LogP contribution is 2.12. The van der Waals surface area contributed by atoms with Gasteiger partial charge >= 0.3 is 6.01 Å². The summed E-state index contributed by atoms with van der Waals surface area (Å²) in [6.45, 7) is 7.47. The van der Waals surface area contributed by atoms with Crippen molar-refractivity contribution < 1.29 is 14.2 Å². The fourth-order valence-corrected chi connectivity index (χ4v) is 2.41. The third kappa shape index (κ3) is 10.3. The third-order valence-corrected chi connectivity index (χ3v) is 3.94. The smallest absolute Gasteiger partial charge is 0.323 e. The largest absolute Gasteiger partial charge is 0.463 e. The zero-order valence-corrected chi connectivity index (χ0v) is 17.8. The summed E-state index contributed by atoms with van der Waals surface area (Å²) in [5, 5.41) is 6.38. The van der Waals surface area contributed by atoms with Gasteiger partial charge in [0.15, 0.2) is 0 Å². The molecule has 2 heterocycles. The number of nitrogens with one attached hydrogen (secondary N) is 2. The summed E-state index contributed by atoms with van der Waals surface area (Å²) in [6, 6.07) is 0.314. The molecule has 168 valence electrons. The molecule has 0 radical (unpaired) electrons. The lowest BCUT2D eigenvalue weighted by molar-refractivity contribution is 0.0547. The number of anilines is 2. The average molecular weight is 423 g/mol. The number of hydrogen-bond donors (Lipinski definition) is 3. The van der Waals surface area contributed by atoms with Crippen LogP contribution in [0.1, 0.15) is 26.2 Å². The Morgan fingerprint density at radius 2 is 1.70 bits per heavy atom. The van der Waals surface area contributed by atoms with Crippen LogP contribution in [0.4, 0.5) is 11.9 Å². The van der Waals surface area contributed by atoms with Crippen LogP contribution in [-0.2, 0) is 16.0 Å². The molecule has 0 aliphatic heterocycles. The lowest BCUT2D eigenvalue weighted by atomic mass is 10.4. The first-order valence-corrected chi connectivity index (χ1v) is 10.5. The van der Waals surface area contributed by atoms with Crippen molar-refractivity contribution in [1.29, 1.82) is 0 Å². The van der Waals surface area contributed by atoms with Gasteiger partial charge in [-0.15, -0.1) is 0 Å². The molecule has 0 fully saturated rings. The lowest BCUT2D eigenvalue weighted by Crippen LogP contribution is -2.17. The number of nitrogens with two attached hydrogens (primary N) is 1. The number of aromatic nitrogens is 5.